The second-order valence-corrected chi connectivity index (χ2v) is 5.87. The van der Waals surface area contributed by atoms with Crippen LogP contribution >= 0.6 is 15.9 Å². The summed E-state index contributed by atoms with van der Waals surface area (Å²) in [5.41, 5.74) is 1.28. The Morgan fingerprint density at radius 1 is 1.26 bits per heavy atom. The smallest absolute Gasteiger partial charge is 0.122 e. The van der Waals surface area contributed by atoms with Gasteiger partial charge in [-0.3, -0.25) is 0 Å². The van der Waals surface area contributed by atoms with Gasteiger partial charge in [0.2, 0.25) is 0 Å². The first kappa shape index (κ1) is 16.5. The highest BCUT2D eigenvalue weighted by Crippen LogP contribution is 2.25. The summed E-state index contributed by atoms with van der Waals surface area (Å²) in [7, 11) is 1.74. The van der Waals surface area contributed by atoms with Gasteiger partial charge in [0.15, 0.2) is 0 Å². The van der Waals surface area contributed by atoms with E-state index >= 15 is 0 Å². The average molecular weight is 328 g/mol. The van der Waals surface area contributed by atoms with E-state index in [9.17, 15) is 0 Å². The number of rotatable bonds is 9. The molecule has 0 amide bonds. The number of hydrogen-bond donors (Lipinski definition) is 1. The van der Waals surface area contributed by atoms with Crippen LogP contribution in [0.25, 0.3) is 0 Å². The van der Waals surface area contributed by atoms with Crippen molar-refractivity contribution in [3.05, 3.63) is 28.2 Å². The number of unbranched alkanes of at least 4 members (excludes halogenated alkanes) is 1. The van der Waals surface area contributed by atoms with E-state index in [0.717, 1.165) is 23.2 Å². The van der Waals surface area contributed by atoms with Crippen LogP contribution in [0.15, 0.2) is 22.7 Å². The molecule has 2 nitrogen and oxygen atoms in total. The van der Waals surface area contributed by atoms with Crippen LogP contribution < -0.4 is 10.1 Å². The van der Waals surface area contributed by atoms with Crippen molar-refractivity contribution in [1.29, 1.82) is 0 Å². The molecule has 3 heteroatoms. The molecule has 0 aliphatic rings. The van der Waals surface area contributed by atoms with Gasteiger partial charge in [-0.25, -0.2) is 0 Å². The Bertz CT molecular complexity index is 360. The van der Waals surface area contributed by atoms with Crippen molar-refractivity contribution in [3.8, 4) is 5.75 Å². The Morgan fingerprint density at radius 3 is 2.68 bits per heavy atom. The molecule has 19 heavy (non-hydrogen) atoms. The fourth-order valence-electron chi connectivity index (χ4n) is 2.25. The molecule has 0 fully saturated rings. The van der Waals surface area contributed by atoms with E-state index in [1.54, 1.807) is 7.11 Å². The third-order valence-electron chi connectivity index (χ3n) is 3.30. The molecule has 0 aliphatic carbocycles. The third-order valence-corrected chi connectivity index (χ3v) is 3.79. The van der Waals surface area contributed by atoms with Crippen LogP contribution in [-0.2, 0) is 6.42 Å². The zero-order chi connectivity index (χ0) is 14.1. The Labute approximate surface area is 126 Å². The number of nitrogens with one attached hydrogen (secondary N) is 1. The molecule has 1 rings (SSSR count). The lowest BCUT2D eigenvalue weighted by atomic mass is 10.00. The third kappa shape index (κ3) is 5.96. The second-order valence-electron chi connectivity index (χ2n) is 4.95. The number of halogens is 1. The standard InChI is InChI=1S/C16H26BrNO/c1-4-6-7-15(18-10-5-2)12-13-11-14(17)8-9-16(13)19-3/h8-9,11,15,18H,4-7,10,12H2,1-3H3. The van der Waals surface area contributed by atoms with Crippen LogP contribution in [0.3, 0.4) is 0 Å². The molecule has 0 aromatic heterocycles. The van der Waals surface area contributed by atoms with Gasteiger partial charge < -0.3 is 10.1 Å². The topological polar surface area (TPSA) is 21.3 Å². The van der Waals surface area contributed by atoms with E-state index in [0.29, 0.717) is 6.04 Å². The zero-order valence-electron chi connectivity index (χ0n) is 12.3. The summed E-state index contributed by atoms with van der Waals surface area (Å²) in [5, 5.41) is 3.65. The number of hydrogen-bond acceptors (Lipinski definition) is 2. The van der Waals surface area contributed by atoms with Crippen LogP contribution in [0.1, 0.15) is 45.1 Å². The lowest BCUT2D eigenvalue weighted by molar-refractivity contribution is 0.400. The summed E-state index contributed by atoms with van der Waals surface area (Å²) < 4.78 is 6.58. The maximum atomic E-state index is 5.46. The number of ether oxygens (including phenoxy) is 1. The van der Waals surface area contributed by atoms with Gasteiger partial charge in [-0.2, -0.15) is 0 Å². The summed E-state index contributed by atoms with van der Waals surface area (Å²) in [6, 6.07) is 6.78. The highest BCUT2D eigenvalue weighted by atomic mass is 79.9. The van der Waals surface area contributed by atoms with Crippen molar-refractivity contribution in [2.75, 3.05) is 13.7 Å². The molecule has 1 aromatic carbocycles. The van der Waals surface area contributed by atoms with Crippen molar-refractivity contribution in [1.82, 2.24) is 5.32 Å². The monoisotopic (exact) mass is 327 g/mol. The van der Waals surface area contributed by atoms with E-state index in [1.807, 2.05) is 12.1 Å². The van der Waals surface area contributed by atoms with Crippen LogP contribution in [0.5, 0.6) is 5.75 Å². The van der Waals surface area contributed by atoms with Gasteiger partial charge in [0, 0.05) is 10.5 Å². The lowest BCUT2D eigenvalue weighted by Gasteiger charge is -2.20. The van der Waals surface area contributed by atoms with E-state index < -0.39 is 0 Å². The van der Waals surface area contributed by atoms with Crippen molar-refractivity contribution in [2.45, 2.75) is 52.0 Å². The molecule has 0 saturated carbocycles. The molecule has 0 heterocycles. The molecule has 0 bridgehead atoms. The number of benzene rings is 1. The van der Waals surface area contributed by atoms with Crippen LogP contribution in [-0.4, -0.2) is 19.7 Å². The Hall–Kier alpha value is -0.540. The van der Waals surface area contributed by atoms with Gasteiger partial charge in [0.1, 0.15) is 5.75 Å². The molecule has 1 unspecified atom stereocenters. The molecule has 0 aliphatic heterocycles. The Kier molecular flexibility index (Phi) is 8.15. The normalized spacial score (nSPS) is 12.4. The molecule has 1 aromatic rings. The van der Waals surface area contributed by atoms with Gasteiger partial charge in [-0.15, -0.1) is 0 Å². The molecule has 0 spiro atoms. The van der Waals surface area contributed by atoms with E-state index in [-0.39, 0.29) is 0 Å². The molecular weight excluding hydrogens is 302 g/mol. The Morgan fingerprint density at radius 2 is 2.05 bits per heavy atom. The fourth-order valence-corrected chi connectivity index (χ4v) is 2.66. The highest BCUT2D eigenvalue weighted by Gasteiger charge is 2.12. The van der Waals surface area contributed by atoms with Crippen molar-refractivity contribution >= 4 is 15.9 Å². The fraction of sp³-hybridized carbons (Fsp3) is 0.625. The molecule has 0 saturated heterocycles. The molecule has 1 N–H and O–H groups in total. The lowest BCUT2D eigenvalue weighted by Crippen LogP contribution is -2.31. The summed E-state index contributed by atoms with van der Waals surface area (Å²) in [4.78, 5) is 0. The van der Waals surface area contributed by atoms with Crippen LogP contribution in [0, 0.1) is 0 Å². The molecule has 1 atom stereocenters. The van der Waals surface area contributed by atoms with Gasteiger partial charge in [0.05, 0.1) is 7.11 Å². The SMILES string of the molecule is CCCCC(Cc1cc(Br)ccc1OC)NCCC. The molecule has 0 radical (unpaired) electrons. The summed E-state index contributed by atoms with van der Waals surface area (Å²) >= 11 is 3.54. The zero-order valence-corrected chi connectivity index (χ0v) is 13.9. The molecule has 108 valence electrons. The molecular formula is C16H26BrNO. The maximum Gasteiger partial charge on any atom is 0.122 e. The van der Waals surface area contributed by atoms with Crippen molar-refractivity contribution in [2.24, 2.45) is 0 Å². The van der Waals surface area contributed by atoms with Crippen molar-refractivity contribution < 1.29 is 4.74 Å². The largest absolute Gasteiger partial charge is 0.496 e. The van der Waals surface area contributed by atoms with Crippen LogP contribution in [0.2, 0.25) is 0 Å². The van der Waals surface area contributed by atoms with E-state index in [1.165, 1.54) is 31.2 Å². The first-order valence-corrected chi connectivity index (χ1v) is 8.06. The maximum absolute atomic E-state index is 5.46. The minimum absolute atomic E-state index is 0.545. The van der Waals surface area contributed by atoms with Gasteiger partial charge in [-0.1, -0.05) is 42.6 Å². The first-order valence-electron chi connectivity index (χ1n) is 7.27. The highest BCUT2D eigenvalue weighted by molar-refractivity contribution is 9.10. The van der Waals surface area contributed by atoms with Crippen LogP contribution in [0.4, 0.5) is 0 Å². The summed E-state index contributed by atoms with van der Waals surface area (Å²) in [6.45, 7) is 5.55. The number of methoxy groups -OCH3 is 1. The Balaban J connectivity index is 2.72. The van der Waals surface area contributed by atoms with E-state index in [4.69, 9.17) is 4.74 Å². The predicted molar refractivity (Wildman–Crippen MR) is 86.0 cm³/mol. The van der Waals surface area contributed by atoms with Gasteiger partial charge in [0.25, 0.3) is 0 Å². The van der Waals surface area contributed by atoms with Crippen molar-refractivity contribution in [3.63, 3.8) is 0 Å². The predicted octanol–water partition coefficient (Wildman–Crippen LogP) is 4.56. The first-order chi connectivity index (χ1) is 9.21. The average Bonchev–Trinajstić information content (AvgIpc) is 2.42. The minimum atomic E-state index is 0.545. The van der Waals surface area contributed by atoms with E-state index in [2.05, 4.69) is 41.2 Å². The second kappa shape index (κ2) is 9.38. The minimum Gasteiger partial charge on any atom is -0.496 e. The van der Waals surface area contributed by atoms with Gasteiger partial charge in [-0.05, 0) is 49.6 Å². The quantitative estimate of drug-likeness (QED) is 0.717. The summed E-state index contributed by atoms with van der Waals surface area (Å²) in [6.07, 6.45) is 5.96. The summed E-state index contributed by atoms with van der Waals surface area (Å²) in [5.74, 6) is 0.989. The van der Waals surface area contributed by atoms with Gasteiger partial charge >= 0.3 is 0 Å².